The van der Waals surface area contributed by atoms with E-state index in [9.17, 15) is 4.39 Å². The summed E-state index contributed by atoms with van der Waals surface area (Å²) >= 11 is 5.90. The maximum absolute atomic E-state index is 13.3. The number of nitrogens with zero attached hydrogens (tertiary/aromatic N) is 2. The van der Waals surface area contributed by atoms with Crippen molar-refractivity contribution in [2.24, 2.45) is 0 Å². The molecular weight excluding hydrogens is 241 g/mol. The van der Waals surface area contributed by atoms with Gasteiger partial charge < -0.3 is 4.98 Å². The fraction of sp³-hybridized carbons (Fsp3) is 0. The summed E-state index contributed by atoms with van der Waals surface area (Å²) in [6.07, 6.45) is 1.65. The summed E-state index contributed by atoms with van der Waals surface area (Å²) in [7, 11) is 0. The number of benzene rings is 1. The first kappa shape index (κ1) is 10.2. The largest absolute Gasteiger partial charge is 0.337 e. The van der Waals surface area contributed by atoms with Gasteiger partial charge in [0, 0.05) is 11.8 Å². The first-order valence-corrected chi connectivity index (χ1v) is 5.38. The van der Waals surface area contributed by atoms with Crippen LogP contribution in [0, 0.1) is 5.82 Å². The van der Waals surface area contributed by atoms with Crippen LogP contribution in [0.4, 0.5) is 4.39 Å². The van der Waals surface area contributed by atoms with Crippen LogP contribution in [0.1, 0.15) is 0 Å². The Morgan fingerprint density at radius 2 is 2.06 bits per heavy atom. The number of nitrogens with one attached hydrogen (secondary N) is 1. The average Bonchev–Trinajstić information content (AvgIpc) is 2.76. The Morgan fingerprint density at radius 3 is 2.88 bits per heavy atom. The van der Waals surface area contributed by atoms with Crippen molar-refractivity contribution >= 4 is 22.8 Å². The van der Waals surface area contributed by atoms with Crippen molar-refractivity contribution in [1.29, 1.82) is 0 Å². The van der Waals surface area contributed by atoms with Gasteiger partial charge >= 0.3 is 0 Å². The normalized spacial score (nSPS) is 10.9. The number of fused-ring (bicyclic) bond motifs is 1. The van der Waals surface area contributed by atoms with E-state index in [-0.39, 0.29) is 5.02 Å². The van der Waals surface area contributed by atoms with E-state index >= 15 is 0 Å². The number of pyridine rings is 1. The molecule has 84 valence electrons. The molecule has 2 aromatic heterocycles. The minimum Gasteiger partial charge on any atom is -0.337 e. The molecule has 0 bridgehead atoms. The molecule has 3 aromatic rings. The van der Waals surface area contributed by atoms with Gasteiger partial charge in [-0.3, -0.25) is 0 Å². The minimum absolute atomic E-state index is 0.0616. The van der Waals surface area contributed by atoms with E-state index < -0.39 is 5.82 Å². The first-order valence-electron chi connectivity index (χ1n) is 5.01. The molecule has 0 saturated carbocycles. The highest BCUT2D eigenvalue weighted by atomic mass is 35.5. The fourth-order valence-electron chi connectivity index (χ4n) is 1.66. The summed E-state index contributed by atoms with van der Waals surface area (Å²) in [6.45, 7) is 0. The number of aromatic amines is 1. The predicted octanol–water partition coefficient (Wildman–Crippen LogP) is 3.42. The van der Waals surface area contributed by atoms with Gasteiger partial charge in [0.05, 0.1) is 10.5 Å². The molecule has 1 aromatic carbocycles. The quantitative estimate of drug-likeness (QED) is 0.716. The Kier molecular flexibility index (Phi) is 2.30. The van der Waals surface area contributed by atoms with Crippen LogP contribution >= 0.6 is 11.6 Å². The summed E-state index contributed by atoms with van der Waals surface area (Å²) in [4.78, 5) is 11.4. The van der Waals surface area contributed by atoms with Crippen molar-refractivity contribution in [1.82, 2.24) is 15.0 Å². The number of rotatable bonds is 1. The van der Waals surface area contributed by atoms with Gasteiger partial charge in [-0.25, -0.2) is 14.4 Å². The second kappa shape index (κ2) is 3.82. The van der Waals surface area contributed by atoms with Gasteiger partial charge in [-0.15, -0.1) is 0 Å². The molecule has 0 aliphatic heterocycles. The van der Waals surface area contributed by atoms with Gasteiger partial charge in [0.15, 0.2) is 5.65 Å². The molecule has 5 heteroatoms. The second-order valence-corrected chi connectivity index (χ2v) is 3.94. The maximum atomic E-state index is 13.3. The Bertz CT molecular complexity index is 660. The van der Waals surface area contributed by atoms with Crippen LogP contribution in [0.3, 0.4) is 0 Å². The highest BCUT2D eigenvalue weighted by molar-refractivity contribution is 6.33. The summed E-state index contributed by atoms with van der Waals surface area (Å²) < 4.78 is 13.3. The zero-order valence-electron chi connectivity index (χ0n) is 8.61. The van der Waals surface area contributed by atoms with Crippen molar-refractivity contribution in [3.8, 4) is 11.4 Å². The Balaban J connectivity index is 2.24. The smallest absolute Gasteiger partial charge is 0.178 e. The molecule has 0 fully saturated rings. The Morgan fingerprint density at radius 1 is 1.18 bits per heavy atom. The standard InChI is InChI=1S/C12H7ClFN3/c13-10-7(3-1-4-8(10)14)11-16-9-5-2-6-15-12(9)17-11/h1-6H,(H,15,16,17). The van der Waals surface area contributed by atoms with E-state index in [1.807, 2.05) is 6.07 Å². The minimum atomic E-state index is -0.461. The van der Waals surface area contributed by atoms with Crippen LogP contribution in [0.5, 0.6) is 0 Å². The summed E-state index contributed by atoms with van der Waals surface area (Å²) in [5.41, 5.74) is 1.91. The molecule has 17 heavy (non-hydrogen) atoms. The van der Waals surface area contributed by atoms with Crippen molar-refractivity contribution in [3.05, 3.63) is 47.4 Å². The van der Waals surface area contributed by atoms with Crippen molar-refractivity contribution < 1.29 is 4.39 Å². The zero-order chi connectivity index (χ0) is 11.8. The van der Waals surface area contributed by atoms with E-state index in [0.717, 1.165) is 5.52 Å². The molecule has 2 heterocycles. The highest BCUT2D eigenvalue weighted by Crippen LogP contribution is 2.28. The molecule has 0 saturated heterocycles. The summed E-state index contributed by atoms with van der Waals surface area (Å²) in [6, 6.07) is 8.27. The lowest BCUT2D eigenvalue weighted by molar-refractivity contribution is 0.628. The van der Waals surface area contributed by atoms with E-state index in [0.29, 0.717) is 17.0 Å². The molecule has 3 nitrogen and oxygen atoms in total. The predicted molar refractivity (Wildman–Crippen MR) is 64.3 cm³/mol. The van der Waals surface area contributed by atoms with Crippen molar-refractivity contribution in [3.63, 3.8) is 0 Å². The molecule has 0 spiro atoms. The number of aromatic nitrogens is 3. The first-order chi connectivity index (χ1) is 8.25. The maximum Gasteiger partial charge on any atom is 0.178 e. The van der Waals surface area contributed by atoms with E-state index in [2.05, 4.69) is 15.0 Å². The van der Waals surface area contributed by atoms with Crippen LogP contribution in [0.15, 0.2) is 36.5 Å². The second-order valence-electron chi connectivity index (χ2n) is 3.56. The van der Waals surface area contributed by atoms with E-state index in [1.54, 1.807) is 24.4 Å². The Labute approximate surface area is 101 Å². The van der Waals surface area contributed by atoms with Gasteiger partial charge in [0.1, 0.15) is 11.6 Å². The van der Waals surface area contributed by atoms with Crippen LogP contribution in [-0.2, 0) is 0 Å². The third kappa shape index (κ3) is 1.66. The average molecular weight is 248 g/mol. The van der Waals surface area contributed by atoms with E-state index in [1.165, 1.54) is 6.07 Å². The van der Waals surface area contributed by atoms with Gasteiger partial charge in [-0.2, -0.15) is 0 Å². The number of imidazole rings is 1. The number of halogens is 2. The van der Waals surface area contributed by atoms with Crippen molar-refractivity contribution in [2.45, 2.75) is 0 Å². The zero-order valence-corrected chi connectivity index (χ0v) is 9.37. The van der Waals surface area contributed by atoms with Crippen LogP contribution in [0.2, 0.25) is 5.02 Å². The Hall–Kier alpha value is -1.94. The SMILES string of the molecule is Fc1cccc(-c2nc3ncccc3[nH]2)c1Cl. The third-order valence-electron chi connectivity index (χ3n) is 2.46. The molecule has 0 unspecified atom stereocenters. The van der Waals surface area contributed by atoms with E-state index in [4.69, 9.17) is 11.6 Å². The summed E-state index contributed by atoms with van der Waals surface area (Å²) in [5.74, 6) is 0.0563. The topological polar surface area (TPSA) is 41.6 Å². The monoisotopic (exact) mass is 247 g/mol. The lowest BCUT2D eigenvalue weighted by Crippen LogP contribution is -1.85. The molecule has 1 N–H and O–H groups in total. The van der Waals surface area contributed by atoms with Crippen LogP contribution < -0.4 is 0 Å². The molecule has 0 atom stereocenters. The van der Waals surface area contributed by atoms with Gasteiger partial charge in [-0.05, 0) is 24.3 Å². The van der Waals surface area contributed by atoms with Gasteiger partial charge in [0.2, 0.25) is 0 Å². The fourth-order valence-corrected chi connectivity index (χ4v) is 1.87. The lowest BCUT2D eigenvalue weighted by Gasteiger charge is -2.00. The molecule has 0 aliphatic carbocycles. The lowest BCUT2D eigenvalue weighted by atomic mass is 10.2. The molecule has 3 rings (SSSR count). The highest BCUT2D eigenvalue weighted by Gasteiger charge is 2.11. The van der Waals surface area contributed by atoms with Crippen LogP contribution in [0.25, 0.3) is 22.6 Å². The summed E-state index contributed by atoms with van der Waals surface area (Å²) in [5, 5.41) is 0.0616. The van der Waals surface area contributed by atoms with Crippen LogP contribution in [-0.4, -0.2) is 15.0 Å². The molecular formula is C12H7ClFN3. The third-order valence-corrected chi connectivity index (χ3v) is 2.85. The van der Waals surface area contributed by atoms with Gasteiger partial charge in [-0.1, -0.05) is 17.7 Å². The molecule has 0 amide bonds. The molecule has 0 aliphatic rings. The van der Waals surface area contributed by atoms with Crippen molar-refractivity contribution in [2.75, 3.05) is 0 Å². The van der Waals surface area contributed by atoms with Gasteiger partial charge in [0.25, 0.3) is 0 Å². The number of hydrogen-bond acceptors (Lipinski definition) is 2. The number of H-pyrrole nitrogens is 1. The number of hydrogen-bond donors (Lipinski definition) is 1. The molecule has 0 radical (unpaired) electrons.